The van der Waals surface area contributed by atoms with E-state index in [4.69, 9.17) is 28.4 Å². The van der Waals surface area contributed by atoms with Crippen molar-refractivity contribution in [3.05, 3.63) is 46.2 Å². The molecule has 5 rings (SSSR count). The highest BCUT2D eigenvalue weighted by molar-refractivity contribution is 6.16. The summed E-state index contributed by atoms with van der Waals surface area (Å²) >= 11 is 0. The zero-order valence-electron chi connectivity index (χ0n) is 21.9. The molecule has 1 fully saturated rings. The van der Waals surface area contributed by atoms with E-state index in [9.17, 15) is 4.79 Å². The zero-order valence-corrected chi connectivity index (χ0v) is 21.9. The third-order valence-corrected chi connectivity index (χ3v) is 7.06. The van der Waals surface area contributed by atoms with E-state index in [1.165, 1.54) is 0 Å². The number of methoxy groups -OCH3 is 3. The van der Waals surface area contributed by atoms with Crippen LogP contribution in [0.4, 0.5) is 0 Å². The number of ether oxygens (including phenoxy) is 6. The number of aryl methyl sites for hydroxylation is 1. The highest BCUT2D eigenvalue weighted by atomic mass is 16.5. The molecule has 0 N–H and O–H groups in total. The molecule has 0 aromatic heterocycles. The maximum Gasteiger partial charge on any atom is 0.232 e. The van der Waals surface area contributed by atoms with Crippen molar-refractivity contribution in [3.63, 3.8) is 0 Å². The smallest absolute Gasteiger partial charge is 0.232 e. The lowest BCUT2D eigenvalue weighted by Crippen LogP contribution is -2.39. The number of morpholine rings is 1. The fourth-order valence-electron chi connectivity index (χ4n) is 5.14. The number of hydrogen-bond acceptors (Lipinski definition) is 9. The van der Waals surface area contributed by atoms with Crippen LogP contribution in [0.1, 0.15) is 33.5 Å². The van der Waals surface area contributed by atoms with Gasteiger partial charge in [0.2, 0.25) is 11.5 Å². The molecule has 0 radical (unpaired) electrons. The summed E-state index contributed by atoms with van der Waals surface area (Å²) in [6.45, 7) is 8.63. The molecular weight excluding hydrogens is 476 g/mol. The van der Waals surface area contributed by atoms with Gasteiger partial charge in [-0.2, -0.15) is 0 Å². The van der Waals surface area contributed by atoms with E-state index in [1.807, 2.05) is 19.1 Å². The van der Waals surface area contributed by atoms with Crippen LogP contribution in [0.15, 0.2) is 24.0 Å². The number of nitrogens with zero attached hydrogens (tertiary/aromatic N) is 2. The molecule has 0 spiro atoms. The van der Waals surface area contributed by atoms with Gasteiger partial charge in [-0.3, -0.25) is 14.6 Å². The Labute approximate surface area is 217 Å². The van der Waals surface area contributed by atoms with Gasteiger partial charge in [0, 0.05) is 31.7 Å². The normalized spacial score (nSPS) is 18.7. The maximum atomic E-state index is 13.5. The van der Waals surface area contributed by atoms with Crippen LogP contribution in [-0.2, 0) is 11.3 Å². The monoisotopic (exact) mass is 510 g/mol. The Morgan fingerprint density at radius 2 is 1.76 bits per heavy atom. The van der Waals surface area contributed by atoms with Crippen molar-refractivity contribution >= 4 is 11.9 Å². The summed E-state index contributed by atoms with van der Waals surface area (Å²) in [6.07, 6.45) is 2.73. The van der Waals surface area contributed by atoms with Gasteiger partial charge >= 0.3 is 0 Å². The van der Waals surface area contributed by atoms with Crippen LogP contribution >= 0.6 is 0 Å². The molecule has 0 saturated carbocycles. The molecule has 9 heteroatoms. The Bertz CT molecular complexity index is 1200. The summed E-state index contributed by atoms with van der Waals surface area (Å²) in [5, 5.41) is 0. The first kappa shape index (κ1) is 25.4. The zero-order chi connectivity index (χ0) is 25.9. The van der Waals surface area contributed by atoms with Gasteiger partial charge in [-0.1, -0.05) is 0 Å². The standard InChI is InChI=1S/C28H34N2O7/c1-18-14-22-20(16-30(17-36-22)9-5-8-29-10-12-35-13-11-29)27-24(18)25(31)23(37-27)15-19-6-7-21(32-2)28(34-4)26(19)33-3/h6-7,14-15H,5,8-13,16-17H2,1-4H3/b23-15-. The second-order valence-corrected chi connectivity index (χ2v) is 9.37. The highest BCUT2D eigenvalue weighted by Crippen LogP contribution is 2.45. The van der Waals surface area contributed by atoms with E-state index >= 15 is 0 Å². The van der Waals surface area contributed by atoms with Crippen molar-refractivity contribution in [2.24, 2.45) is 0 Å². The molecule has 2 aromatic carbocycles. The van der Waals surface area contributed by atoms with E-state index < -0.39 is 0 Å². The molecule has 9 nitrogen and oxygen atoms in total. The van der Waals surface area contributed by atoms with Crippen molar-refractivity contribution in [1.29, 1.82) is 0 Å². The lowest BCUT2D eigenvalue weighted by molar-refractivity contribution is 0.0329. The summed E-state index contributed by atoms with van der Waals surface area (Å²) < 4.78 is 34.2. The number of Topliss-reactive ketones (excluding diaryl/α,β-unsaturated/α-hetero) is 1. The largest absolute Gasteiger partial charge is 0.493 e. The quantitative estimate of drug-likeness (QED) is 0.496. The number of rotatable bonds is 8. The van der Waals surface area contributed by atoms with Crippen molar-refractivity contribution in [1.82, 2.24) is 9.80 Å². The van der Waals surface area contributed by atoms with Crippen LogP contribution in [0.5, 0.6) is 28.7 Å². The Morgan fingerprint density at radius 3 is 2.49 bits per heavy atom. The van der Waals surface area contributed by atoms with Crippen LogP contribution in [0, 0.1) is 6.92 Å². The summed E-state index contributed by atoms with van der Waals surface area (Å²) in [5.74, 6) is 2.91. The predicted molar refractivity (Wildman–Crippen MR) is 138 cm³/mol. The molecule has 0 aliphatic carbocycles. The number of ketones is 1. The average molecular weight is 511 g/mol. The van der Waals surface area contributed by atoms with Crippen LogP contribution in [0.3, 0.4) is 0 Å². The number of benzene rings is 2. The van der Waals surface area contributed by atoms with Gasteiger partial charge < -0.3 is 28.4 Å². The summed E-state index contributed by atoms with van der Waals surface area (Å²) in [5.41, 5.74) is 2.99. The van der Waals surface area contributed by atoms with E-state index in [1.54, 1.807) is 33.5 Å². The number of fused-ring (bicyclic) bond motifs is 3. The van der Waals surface area contributed by atoms with Crippen LogP contribution in [0.2, 0.25) is 0 Å². The predicted octanol–water partition coefficient (Wildman–Crippen LogP) is 3.51. The number of carbonyl (C=O) groups excluding carboxylic acids is 1. The van der Waals surface area contributed by atoms with Crippen molar-refractivity contribution in [2.45, 2.75) is 19.9 Å². The average Bonchev–Trinajstić information content (AvgIpc) is 3.25. The highest BCUT2D eigenvalue weighted by Gasteiger charge is 2.35. The third kappa shape index (κ3) is 4.99. The fraction of sp³-hybridized carbons (Fsp3) is 0.464. The molecule has 3 aliphatic rings. The molecule has 1 saturated heterocycles. The summed E-state index contributed by atoms with van der Waals surface area (Å²) in [7, 11) is 4.67. The van der Waals surface area contributed by atoms with Gasteiger partial charge in [-0.05, 0) is 49.7 Å². The molecule has 0 atom stereocenters. The molecule has 3 aliphatic heterocycles. The summed E-state index contributed by atoms with van der Waals surface area (Å²) in [6, 6.07) is 5.53. The van der Waals surface area contributed by atoms with E-state index in [0.29, 0.717) is 47.4 Å². The van der Waals surface area contributed by atoms with E-state index in [0.717, 1.165) is 62.7 Å². The lowest BCUT2D eigenvalue weighted by Gasteiger charge is -2.31. The molecule has 0 bridgehead atoms. The summed E-state index contributed by atoms with van der Waals surface area (Å²) in [4.78, 5) is 18.1. The Kier molecular flexibility index (Phi) is 7.55. The van der Waals surface area contributed by atoms with Crippen molar-refractivity contribution < 1.29 is 33.2 Å². The molecule has 3 heterocycles. The minimum Gasteiger partial charge on any atom is -0.493 e. The Hall–Kier alpha value is -3.27. The molecule has 0 amide bonds. The van der Waals surface area contributed by atoms with Gasteiger partial charge in [0.25, 0.3) is 0 Å². The molecule has 2 aromatic rings. The first-order valence-electron chi connectivity index (χ1n) is 12.6. The molecular formula is C28H34N2O7. The minimum absolute atomic E-state index is 0.156. The Balaban J connectivity index is 1.37. The lowest BCUT2D eigenvalue weighted by atomic mass is 9.98. The van der Waals surface area contributed by atoms with Crippen molar-refractivity contribution in [2.75, 3.05) is 67.5 Å². The minimum atomic E-state index is -0.156. The first-order valence-corrected chi connectivity index (χ1v) is 12.6. The van der Waals surface area contributed by atoms with Crippen LogP contribution in [0.25, 0.3) is 6.08 Å². The van der Waals surface area contributed by atoms with Gasteiger partial charge in [-0.15, -0.1) is 0 Å². The number of allylic oxidation sites excluding steroid dienone is 1. The number of carbonyl (C=O) groups is 1. The van der Waals surface area contributed by atoms with E-state index in [-0.39, 0.29) is 11.5 Å². The van der Waals surface area contributed by atoms with Gasteiger partial charge in [0.1, 0.15) is 18.2 Å². The van der Waals surface area contributed by atoms with E-state index in [2.05, 4.69) is 9.80 Å². The van der Waals surface area contributed by atoms with Crippen LogP contribution < -0.4 is 23.7 Å². The second kappa shape index (κ2) is 11.0. The first-order chi connectivity index (χ1) is 18.0. The van der Waals surface area contributed by atoms with Crippen LogP contribution in [-0.4, -0.2) is 83.0 Å². The topological polar surface area (TPSA) is 78.9 Å². The maximum absolute atomic E-state index is 13.5. The third-order valence-electron chi connectivity index (χ3n) is 7.06. The second-order valence-electron chi connectivity index (χ2n) is 9.37. The number of hydrogen-bond donors (Lipinski definition) is 0. The van der Waals surface area contributed by atoms with Crippen molar-refractivity contribution in [3.8, 4) is 28.7 Å². The van der Waals surface area contributed by atoms with Gasteiger partial charge in [-0.25, -0.2) is 0 Å². The van der Waals surface area contributed by atoms with Gasteiger partial charge in [0.05, 0.1) is 45.7 Å². The molecule has 0 unspecified atom stereocenters. The molecule has 198 valence electrons. The fourth-order valence-corrected chi connectivity index (χ4v) is 5.14. The molecule has 37 heavy (non-hydrogen) atoms. The Morgan fingerprint density at radius 1 is 1.00 bits per heavy atom. The van der Waals surface area contributed by atoms with Gasteiger partial charge in [0.15, 0.2) is 17.3 Å². The SMILES string of the molecule is COc1ccc(/C=C2\Oc3c4c(cc(C)c3C2=O)OCN(CCCN2CCOCC2)C4)c(OC)c1OC.